The molecule has 5 rings (SSSR count). The number of carbonyl (C=O) groups excluding carboxylic acids is 1. The summed E-state index contributed by atoms with van der Waals surface area (Å²) in [6.45, 7) is 6.61. The van der Waals surface area contributed by atoms with Crippen molar-refractivity contribution in [1.29, 1.82) is 0 Å². The van der Waals surface area contributed by atoms with E-state index < -0.39 is 6.10 Å². The molecule has 1 atom stereocenters. The highest BCUT2D eigenvalue weighted by atomic mass is 32.2. The molecule has 37 heavy (non-hydrogen) atoms. The fraction of sp³-hybridized carbons (Fsp3) is 0.345. The van der Waals surface area contributed by atoms with Gasteiger partial charge in [-0.05, 0) is 48.9 Å². The molecule has 194 valence electrons. The number of hydrogen-bond acceptors (Lipinski definition) is 8. The zero-order valence-corrected chi connectivity index (χ0v) is 21.9. The Labute approximate surface area is 222 Å². The van der Waals surface area contributed by atoms with E-state index in [1.54, 1.807) is 16.8 Å². The number of piperazine rings is 1. The van der Waals surface area contributed by atoms with Crippen LogP contribution < -0.4 is 15.0 Å². The van der Waals surface area contributed by atoms with Crippen molar-refractivity contribution in [3.05, 3.63) is 78.4 Å². The normalized spacial score (nSPS) is 16.0. The smallest absolute Gasteiger partial charge is 0.354 e. The highest BCUT2D eigenvalue weighted by Crippen LogP contribution is 2.47. The topological polar surface area (TPSA) is 63.3 Å². The van der Waals surface area contributed by atoms with Gasteiger partial charge in [-0.3, -0.25) is 0 Å². The Kier molecular flexibility index (Phi) is 8.63. The molecule has 1 N–H and O–H groups in total. The number of ether oxygens (including phenoxy) is 2. The molecule has 0 saturated carbocycles. The van der Waals surface area contributed by atoms with Crippen LogP contribution in [0.4, 0.5) is 11.4 Å². The van der Waals surface area contributed by atoms with Gasteiger partial charge in [0.15, 0.2) is 6.10 Å². The maximum absolute atomic E-state index is 12.7. The second-order valence-corrected chi connectivity index (χ2v) is 10.0. The van der Waals surface area contributed by atoms with Gasteiger partial charge in [0.1, 0.15) is 12.4 Å². The minimum atomic E-state index is -0.635. The molecule has 7 nitrogen and oxygen atoms in total. The van der Waals surface area contributed by atoms with Crippen molar-refractivity contribution in [3.63, 3.8) is 0 Å². The largest absolute Gasteiger partial charge is 0.492 e. The summed E-state index contributed by atoms with van der Waals surface area (Å²) in [6, 6.07) is 24.8. The molecule has 0 spiro atoms. The number of fused-ring (bicyclic) bond motifs is 2. The molecule has 1 fully saturated rings. The number of nitrogens with zero attached hydrogens (tertiary/aromatic N) is 2. The summed E-state index contributed by atoms with van der Waals surface area (Å²) in [7, 11) is 0. The Balaban J connectivity index is 1.17. The first kappa shape index (κ1) is 25.6. The van der Waals surface area contributed by atoms with Crippen LogP contribution >= 0.6 is 11.8 Å². The van der Waals surface area contributed by atoms with Crippen LogP contribution in [0.1, 0.15) is 12.5 Å². The Morgan fingerprint density at radius 1 is 0.946 bits per heavy atom. The van der Waals surface area contributed by atoms with E-state index in [2.05, 4.69) is 58.7 Å². The molecular formula is C29H33N3O4S. The van der Waals surface area contributed by atoms with Crippen molar-refractivity contribution in [1.82, 2.24) is 10.4 Å². The number of nitrogens with one attached hydrogen (secondary N) is 1. The van der Waals surface area contributed by atoms with Crippen LogP contribution in [0, 0.1) is 0 Å². The van der Waals surface area contributed by atoms with Crippen LogP contribution in [0.3, 0.4) is 0 Å². The van der Waals surface area contributed by atoms with Crippen LogP contribution in [0.25, 0.3) is 0 Å². The van der Waals surface area contributed by atoms with Gasteiger partial charge in [0, 0.05) is 49.0 Å². The van der Waals surface area contributed by atoms with E-state index in [0.29, 0.717) is 32.7 Å². The van der Waals surface area contributed by atoms with Crippen LogP contribution in [-0.4, -0.2) is 63.1 Å². The predicted octanol–water partition coefficient (Wildman–Crippen LogP) is 4.68. The molecule has 0 amide bonds. The first-order valence-corrected chi connectivity index (χ1v) is 13.7. The molecule has 1 saturated heterocycles. The van der Waals surface area contributed by atoms with Crippen molar-refractivity contribution in [3.8, 4) is 5.75 Å². The second-order valence-electron chi connectivity index (χ2n) is 8.92. The minimum absolute atomic E-state index is 0.343. The van der Waals surface area contributed by atoms with Crippen molar-refractivity contribution < 1.29 is 19.1 Å². The molecule has 3 aromatic rings. The number of benzene rings is 3. The Morgan fingerprint density at radius 2 is 1.59 bits per heavy atom. The lowest BCUT2D eigenvalue weighted by Gasteiger charge is -2.32. The van der Waals surface area contributed by atoms with Gasteiger partial charge in [0.05, 0.1) is 17.9 Å². The van der Waals surface area contributed by atoms with Crippen molar-refractivity contribution >= 4 is 29.1 Å². The number of anilines is 2. The first-order valence-electron chi connectivity index (χ1n) is 12.9. The van der Waals surface area contributed by atoms with Crippen LogP contribution in [0.2, 0.25) is 0 Å². The molecule has 2 aliphatic heterocycles. The summed E-state index contributed by atoms with van der Waals surface area (Å²) in [5, 5.41) is 4.96. The number of para-hydroxylation sites is 2. The van der Waals surface area contributed by atoms with Gasteiger partial charge in [0.25, 0.3) is 0 Å². The number of hydroxylamine groups is 2. The molecule has 0 bridgehead atoms. The summed E-state index contributed by atoms with van der Waals surface area (Å²) in [5.74, 6) is 0.456. The molecule has 8 heteroatoms. The van der Waals surface area contributed by atoms with Crippen molar-refractivity contribution in [2.75, 3.05) is 50.8 Å². The predicted molar refractivity (Wildman–Crippen MR) is 146 cm³/mol. The lowest BCUT2D eigenvalue weighted by Crippen LogP contribution is -2.46. The van der Waals surface area contributed by atoms with Crippen molar-refractivity contribution in [2.24, 2.45) is 0 Å². The Bertz CT molecular complexity index is 1140. The fourth-order valence-corrected chi connectivity index (χ4v) is 5.64. The molecule has 0 aromatic heterocycles. The van der Waals surface area contributed by atoms with E-state index in [1.165, 1.54) is 21.2 Å². The maximum atomic E-state index is 12.7. The third-order valence-corrected chi connectivity index (χ3v) is 7.52. The standard InChI is InChI=1S/C29H33N3O4S/c1-2-34-26(29(33)36-31-17-15-30-16-18-31)21-22-11-13-23(14-12-22)35-20-19-32-24-7-3-5-9-27(24)37-28-10-6-4-8-25(28)32/h3-14,26,30H,2,15-21H2,1H3. The molecule has 0 radical (unpaired) electrons. The van der Waals surface area contributed by atoms with E-state index in [4.69, 9.17) is 14.3 Å². The maximum Gasteiger partial charge on any atom is 0.354 e. The molecule has 2 aliphatic rings. The average Bonchev–Trinajstić information content (AvgIpc) is 2.94. The fourth-order valence-electron chi connectivity index (χ4n) is 4.55. The van der Waals surface area contributed by atoms with E-state index in [1.807, 2.05) is 31.2 Å². The quantitative estimate of drug-likeness (QED) is 0.414. The first-order chi connectivity index (χ1) is 18.2. The SMILES string of the molecule is CCOC(Cc1ccc(OCCN2c3ccccc3Sc3ccccc32)cc1)C(=O)ON1CCNCC1. The van der Waals surface area contributed by atoms with E-state index in [9.17, 15) is 4.79 Å². The third-order valence-electron chi connectivity index (χ3n) is 6.39. The van der Waals surface area contributed by atoms with Gasteiger partial charge < -0.3 is 24.5 Å². The summed E-state index contributed by atoms with van der Waals surface area (Å²) >= 11 is 1.81. The number of hydrogen-bond donors (Lipinski definition) is 1. The average molecular weight is 520 g/mol. The molecule has 2 heterocycles. The van der Waals surface area contributed by atoms with Gasteiger partial charge in [-0.1, -0.05) is 48.2 Å². The molecule has 0 aliphatic carbocycles. The van der Waals surface area contributed by atoms with Gasteiger partial charge in [-0.2, -0.15) is 0 Å². The second kappa shape index (κ2) is 12.5. The summed E-state index contributed by atoms with van der Waals surface area (Å²) in [6.07, 6.45) is -0.179. The lowest BCUT2D eigenvalue weighted by molar-refractivity contribution is -0.204. The van der Waals surface area contributed by atoms with E-state index in [0.717, 1.165) is 30.9 Å². The van der Waals surface area contributed by atoms with Crippen LogP contribution in [-0.2, 0) is 20.8 Å². The molecule has 3 aromatic carbocycles. The zero-order chi connectivity index (χ0) is 25.5. The van der Waals surface area contributed by atoms with Crippen LogP contribution in [0.15, 0.2) is 82.6 Å². The van der Waals surface area contributed by atoms with Crippen molar-refractivity contribution in [2.45, 2.75) is 29.2 Å². The highest BCUT2D eigenvalue weighted by Gasteiger charge is 2.25. The van der Waals surface area contributed by atoms with E-state index in [-0.39, 0.29) is 5.97 Å². The van der Waals surface area contributed by atoms with E-state index >= 15 is 0 Å². The van der Waals surface area contributed by atoms with Gasteiger partial charge in [-0.15, -0.1) is 5.06 Å². The lowest BCUT2D eigenvalue weighted by atomic mass is 10.1. The summed E-state index contributed by atoms with van der Waals surface area (Å²) in [4.78, 5) is 23.1. The van der Waals surface area contributed by atoms with Gasteiger partial charge in [0.2, 0.25) is 0 Å². The number of rotatable bonds is 10. The Hall–Kier alpha value is -3.04. The van der Waals surface area contributed by atoms with Gasteiger partial charge >= 0.3 is 5.97 Å². The summed E-state index contributed by atoms with van der Waals surface area (Å²) in [5.41, 5.74) is 3.42. The highest BCUT2D eigenvalue weighted by molar-refractivity contribution is 7.99. The molecule has 1 unspecified atom stereocenters. The Morgan fingerprint density at radius 3 is 2.24 bits per heavy atom. The summed E-state index contributed by atoms with van der Waals surface area (Å²) < 4.78 is 11.8. The van der Waals surface area contributed by atoms with Crippen LogP contribution in [0.5, 0.6) is 5.75 Å². The zero-order valence-electron chi connectivity index (χ0n) is 21.1. The van der Waals surface area contributed by atoms with Gasteiger partial charge in [-0.25, -0.2) is 4.79 Å². The minimum Gasteiger partial charge on any atom is -0.492 e. The monoisotopic (exact) mass is 519 g/mol. The number of carbonyl (C=O) groups is 1. The third kappa shape index (κ3) is 6.45. The molecular weight excluding hydrogens is 486 g/mol.